The minimum atomic E-state index is -3.87. The van der Waals surface area contributed by atoms with E-state index in [0.717, 1.165) is 29.5 Å². The third-order valence-corrected chi connectivity index (χ3v) is 6.07. The van der Waals surface area contributed by atoms with Crippen LogP contribution in [0.1, 0.15) is 10.4 Å². The topological polar surface area (TPSA) is 81.1 Å². The van der Waals surface area contributed by atoms with E-state index in [2.05, 4.69) is 5.10 Å². The molecule has 0 aliphatic rings. The summed E-state index contributed by atoms with van der Waals surface area (Å²) in [6.45, 7) is 0. The lowest BCUT2D eigenvalue weighted by molar-refractivity contribution is 0.0978. The molecule has 0 atom stereocenters. The van der Waals surface area contributed by atoms with Gasteiger partial charge in [0.15, 0.2) is 5.15 Å². The fourth-order valence-electron chi connectivity index (χ4n) is 3.22. The summed E-state index contributed by atoms with van der Waals surface area (Å²) < 4.78 is 40.3. The van der Waals surface area contributed by atoms with Crippen LogP contribution >= 0.6 is 34.8 Å². The fraction of sp³-hybridized carbons (Fsp3) is 0.0476. The van der Waals surface area contributed by atoms with Crippen LogP contribution in [0.5, 0.6) is 0 Å². The van der Waals surface area contributed by atoms with Crippen molar-refractivity contribution < 1.29 is 17.6 Å². The number of carbonyl (C=O) groups is 1. The summed E-state index contributed by atoms with van der Waals surface area (Å²) in [7, 11) is -3.87. The zero-order valence-electron chi connectivity index (χ0n) is 16.2. The predicted molar refractivity (Wildman–Crippen MR) is 124 cm³/mol. The number of nitrogens with zero attached hydrogens (tertiary/aromatic N) is 2. The van der Waals surface area contributed by atoms with Crippen LogP contribution in [0.2, 0.25) is 15.2 Å². The first-order valence-corrected chi connectivity index (χ1v) is 12.0. The lowest BCUT2D eigenvalue weighted by Crippen LogP contribution is -2.30. The van der Waals surface area contributed by atoms with E-state index in [1.165, 1.54) is 4.68 Å². The Bertz CT molecular complexity index is 1500. The van der Waals surface area contributed by atoms with Crippen LogP contribution in [0, 0.1) is 5.82 Å². The number of fused-ring (bicyclic) bond motifs is 1. The molecule has 0 saturated carbocycles. The second-order valence-electron chi connectivity index (χ2n) is 6.90. The first kappa shape index (κ1) is 22.5. The predicted octanol–water partition coefficient (Wildman–Crippen LogP) is 5.48. The lowest BCUT2D eigenvalue weighted by Gasteiger charge is -2.10. The number of hydrogen-bond acceptors (Lipinski definition) is 4. The Kier molecular flexibility index (Phi) is 5.89. The Balaban J connectivity index is 1.81. The van der Waals surface area contributed by atoms with E-state index in [1.54, 1.807) is 22.9 Å². The molecule has 3 aromatic carbocycles. The highest BCUT2D eigenvalue weighted by Crippen LogP contribution is 2.35. The minimum Gasteiger partial charge on any atom is -0.268 e. The van der Waals surface area contributed by atoms with Gasteiger partial charge in [-0.15, -0.1) is 0 Å². The molecule has 1 N–H and O–H groups in total. The molecule has 4 aromatic rings. The van der Waals surface area contributed by atoms with Crippen molar-refractivity contribution in [2.75, 3.05) is 6.26 Å². The highest BCUT2D eigenvalue weighted by Gasteiger charge is 2.21. The van der Waals surface area contributed by atoms with Crippen LogP contribution in [0.3, 0.4) is 0 Å². The van der Waals surface area contributed by atoms with Crippen LogP contribution in [0.25, 0.3) is 27.7 Å². The van der Waals surface area contributed by atoms with Crippen LogP contribution < -0.4 is 4.72 Å². The molecule has 11 heteroatoms. The minimum absolute atomic E-state index is 0.0266. The maximum atomic E-state index is 14.7. The van der Waals surface area contributed by atoms with E-state index in [0.29, 0.717) is 15.9 Å². The number of carbonyl (C=O) groups excluding carboxylic acids is 1. The van der Waals surface area contributed by atoms with Crippen LogP contribution in [0.4, 0.5) is 4.39 Å². The van der Waals surface area contributed by atoms with E-state index in [4.69, 9.17) is 34.8 Å². The Morgan fingerprint density at radius 1 is 1.03 bits per heavy atom. The Hall–Kier alpha value is -2.65. The number of hydrogen-bond donors (Lipinski definition) is 1. The van der Waals surface area contributed by atoms with Gasteiger partial charge in [0.05, 0.1) is 28.0 Å². The fourth-order valence-corrected chi connectivity index (χ4v) is 4.39. The standard InChI is InChI=1S/C21H13Cl3FN3O3S/c1-32(30,31)27-21(29)13-9-16(23)19(10-17(13)25)28-18-7-6-11(8-14(18)20(24)26-28)12-4-2-3-5-15(12)22/h2-10H,1H3,(H,27,29). The molecular formula is C21H13Cl3FN3O3S. The van der Waals surface area contributed by atoms with Gasteiger partial charge in [-0.25, -0.2) is 22.2 Å². The number of halogens is 4. The molecule has 6 nitrogen and oxygen atoms in total. The number of rotatable bonds is 4. The third kappa shape index (κ3) is 4.31. The van der Waals surface area contributed by atoms with Crippen molar-refractivity contribution >= 4 is 61.6 Å². The maximum absolute atomic E-state index is 14.7. The second-order valence-corrected chi connectivity index (χ2v) is 9.82. The zero-order chi connectivity index (χ0) is 23.2. The Morgan fingerprint density at radius 2 is 1.75 bits per heavy atom. The van der Waals surface area contributed by atoms with Crippen molar-refractivity contribution in [3.8, 4) is 16.8 Å². The smallest absolute Gasteiger partial charge is 0.267 e. The molecule has 0 radical (unpaired) electrons. The van der Waals surface area contributed by atoms with E-state index >= 15 is 0 Å². The van der Waals surface area contributed by atoms with Crippen LogP contribution in [-0.2, 0) is 10.0 Å². The number of sulfonamides is 1. The zero-order valence-corrected chi connectivity index (χ0v) is 19.3. The molecule has 0 fully saturated rings. The van der Waals surface area contributed by atoms with Crippen LogP contribution in [-0.4, -0.2) is 30.4 Å². The van der Waals surface area contributed by atoms with Crippen molar-refractivity contribution in [3.63, 3.8) is 0 Å². The second kappa shape index (κ2) is 8.37. The monoisotopic (exact) mass is 511 g/mol. The van der Waals surface area contributed by atoms with Gasteiger partial charge in [0.1, 0.15) is 5.82 Å². The maximum Gasteiger partial charge on any atom is 0.267 e. The van der Waals surface area contributed by atoms with Crippen LogP contribution in [0.15, 0.2) is 54.6 Å². The summed E-state index contributed by atoms with van der Waals surface area (Å²) in [5.74, 6) is -2.11. The molecule has 32 heavy (non-hydrogen) atoms. The molecule has 0 saturated heterocycles. The molecule has 0 bridgehead atoms. The molecular weight excluding hydrogens is 500 g/mol. The highest BCUT2D eigenvalue weighted by molar-refractivity contribution is 7.89. The van der Waals surface area contributed by atoms with Gasteiger partial charge in [0, 0.05) is 22.0 Å². The summed E-state index contributed by atoms with van der Waals surface area (Å²) in [5, 5.41) is 5.54. The quantitative estimate of drug-likeness (QED) is 0.392. The van der Waals surface area contributed by atoms with Crippen molar-refractivity contribution in [1.29, 1.82) is 0 Å². The summed E-state index contributed by atoms with van der Waals surface area (Å²) in [5.41, 5.74) is 1.77. The summed E-state index contributed by atoms with van der Waals surface area (Å²) in [4.78, 5) is 12.1. The molecule has 0 unspecified atom stereocenters. The number of amides is 1. The van der Waals surface area contributed by atoms with Gasteiger partial charge < -0.3 is 0 Å². The van der Waals surface area contributed by atoms with Crippen molar-refractivity contribution in [3.05, 3.63) is 81.2 Å². The summed E-state index contributed by atoms with van der Waals surface area (Å²) in [6, 6.07) is 14.7. The average molecular weight is 513 g/mol. The normalized spacial score (nSPS) is 11.7. The van der Waals surface area contributed by atoms with Crippen molar-refractivity contribution in [1.82, 2.24) is 14.5 Å². The molecule has 1 aromatic heterocycles. The van der Waals surface area contributed by atoms with Gasteiger partial charge in [-0.05, 0) is 29.8 Å². The molecule has 4 rings (SSSR count). The van der Waals surface area contributed by atoms with Gasteiger partial charge in [-0.3, -0.25) is 4.79 Å². The first-order valence-electron chi connectivity index (χ1n) is 9.00. The summed E-state index contributed by atoms with van der Waals surface area (Å²) >= 11 is 18.9. The Labute approximate surface area is 197 Å². The van der Waals surface area contributed by atoms with Gasteiger partial charge >= 0.3 is 0 Å². The molecule has 164 valence electrons. The van der Waals surface area contributed by atoms with Gasteiger partial charge in [-0.1, -0.05) is 59.1 Å². The van der Waals surface area contributed by atoms with Gasteiger partial charge in [0.25, 0.3) is 5.91 Å². The number of aromatic nitrogens is 2. The molecule has 0 aliphatic carbocycles. The Morgan fingerprint density at radius 3 is 2.44 bits per heavy atom. The highest BCUT2D eigenvalue weighted by atomic mass is 35.5. The SMILES string of the molecule is CS(=O)(=O)NC(=O)c1cc(Cl)c(-n2nc(Cl)c3cc(-c4ccccc4Cl)ccc32)cc1F. The number of nitrogens with one attached hydrogen (secondary N) is 1. The number of benzene rings is 3. The largest absolute Gasteiger partial charge is 0.268 e. The lowest BCUT2D eigenvalue weighted by atomic mass is 10.0. The van der Waals surface area contributed by atoms with Crippen molar-refractivity contribution in [2.24, 2.45) is 0 Å². The van der Waals surface area contributed by atoms with Gasteiger partial charge in [-0.2, -0.15) is 5.10 Å². The molecule has 0 spiro atoms. The summed E-state index contributed by atoms with van der Waals surface area (Å²) in [6.07, 6.45) is 0.785. The average Bonchev–Trinajstić information content (AvgIpc) is 3.04. The third-order valence-electron chi connectivity index (χ3n) is 4.61. The van der Waals surface area contributed by atoms with Crippen molar-refractivity contribution in [2.45, 2.75) is 0 Å². The molecule has 1 heterocycles. The molecule has 0 aliphatic heterocycles. The first-order chi connectivity index (χ1) is 15.0. The molecule has 1 amide bonds. The van der Waals surface area contributed by atoms with Gasteiger partial charge in [0.2, 0.25) is 10.0 Å². The van der Waals surface area contributed by atoms with E-state index in [-0.39, 0.29) is 15.9 Å². The van der Waals surface area contributed by atoms with E-state index in [1.807, 2.05) is 24.3 Å². The van der Waals surface area contributed by atoms with E-state index in [9.17, 15) is 17.6 Å². The van der Waals surface area contributed by atoms with E-state index < -0.39 is 27.3 Å².